The van der Waals surface area contributed by atoms with Crippen LogP contribution in [0.4, 0.5) is 5.82 Å². The lowest BCUT2D eigenvalue weighted by atomic mass is 9.80. The molecule has 1 aliphatic rings. The van der Waals surface area contributed by atoms with E-state index in [-0.39, 0.29) is 11.2 Å². The highest BCUT2D eigenvalue weighted by atomic mass is 35.5. The highest BCUT2D eigenvalue weighted by Crippen LogP contribution is 2.36. The van der Waals surface area contributed by atoms with Crippen LogP contribution in [0.2, 0.25) is 5.15 Å². The molecule has 6 heteroatoms. The number of halogens is 1. The Bertz CT molecular complexity index is 435. The first-order chi connectivity index (χ1) is 7.73. The van der Waals surface area contributed by atoms with Gasteiger partial charge in [-0.1, -0.05) is 17.7 Å². The smallest absolute Gasteiger partial charge is 0.399 e. The molecule has 0 atom stereocenters. The molecular weight excluding hydrogens is 238 g/mol. The van der Waals surface area contributed by atoms with Crippen molar-refractivity contribution in [3.05, 3.63) is 17.3 Å². The van der Waals surface area contributed by atoms with Crippen LogP contribution in [-0.4, -0.2) is 23.3 Å². The molecule has 1 fully saturated rings. The highest BCUT2D eigenvalue weighted by molar-refractivity contribution is 6.65. The predicted octanol–water partition coefficient (Wildman–Crippen LogP) is 1.62. The second-order valence-corrected chi connectivity index (χ2v) is 5.56. The topological polar surface area (TPSA) is 57.4 Å². The van der Waals surface area contributed by atoms with Crippen molar-refractivity contribution in [3.8, 4) is 0 Å². The predicted molar refractivity (Wildman–Crippen MR) is 69.4 cm³/mol. The normalized spacial score (nSPS) is 21.8. The van der Waals surface area contributed by atoms with Crippen LogP contribution in [0.25, 0.3) is 0 Å². The average Bonchev–Trinajstić information content (AvgIpc) is 2.35. The number of nitrogens with two attached hydrogens (primary N) is 1. The summed E-state index contributed by atoms with van der Waals surface area (Å²) in [6.07, 6.45) is 0. The summed E-state index contributed by atoms with van der Waals surface area (Å²) in [7, 11) is -0.499. The quantitative estimate of drug-likeness (QED) is 0.611. The van der Waals surface area contributed by atoms with Crippen molar-refractivity contribution in [3.63, 3.8) is 0 Å². The second-order valence-electron chi connectivity index (χ2n) is 5.20. The molecule has 1 aliphatic heterocycles. The zero-order chi connectivity index (χ0) is 12.8. The van der Waals surface area contributed by atoms with Crippen molar-refractivity contribution >= 4 is 30.0 Å². The molecule has 17 heavy (non-hydrogen) atoms. The van der Waals surface area contributed by atoms with Gasteiger partial charge in [0.05, 0.1) is 11.2 Å². The van der Waals surface area contributed by atoms with Crippen molar-refractivity contribution in [1.82, 2.24) is 4.98 Å². The molecule has 0 spiro atoms. The third kappa shape index (κ3) is 2.15. The van der Waals surface area contributed by atoms with E-state index in [9.17, 15) is 0 Å². The lowest BCUT2D eigenvalue weighted by Crippen LogP contribution is -2.41. The van der Waals surface area contributed by atoms with E-state index < -0.39 is 7.12 Å². The Hall–Kier alpha value is -0.775. The summed E-state index contributed by atoms with van der Waals surface area (Å²) in [6, 6.07) is 3.47. The minimum Gasteiger partial charge on any atom is -0.399 e. The molecule has 2 heterocycles. The maximum atomic E-state index is 6.04. The molecule has 0 saturated carbocycles. The van der Waals surface area contributed by atoms with Crippen LogP contribution < -0.4 is 11.2 Å². The fraction of sp³-hybridized carbons (Fsp3) is 0.545. The first-order valence-corrected chi connectivity index (χ1v) is 5.88. The van der Waals surface area contributed by atoms with E-state index in [0.717, 1.165) is 0 Å². The summed E-state index contributed by atoms with van der Waals surface area (Å²) < 4.78 is 11.8. The van der Waals surface area contributed by atoms with Gasteiger partial charge in [-0.2, -0.15) is 0 Å². The van der Waals surface area contributed by atoms with Crippen molar-refractivity contribution in [2.45, 2.75) is 38.9 Å². The molecular formula is C11H16BClN2O2. The lowest BCUT2D eigenvalue weighted by molar-refractivity contribution is 0.00578. The average molecular weight is 255 g/mol. The highest BCUT2D eigenvalue weighted by Gasteiger charge is 2.52. The zero-order valence-electron chi connectivity index (χ0n) is 10.5. The summed E-state index contributed by atoms with van der Waals surface area (Å²) in [4.78, 5) is 4.00. The van der Waals surface area contributed by atoms with Crippen LogP contribution in [-0.2, 0) is 9.31 Å². The van der Waals surface area contributed by atoms with Crippen molar-refractivity contribution in [2.75, 3.05) is 5.73 Å². The van der Waals surface area contributed by atoms with E-state index in [1.165, 1.54) is 0 Å². The number of pyridine rings is 1. The van der Waals surface area contributed by atoms with Crippen LogP contribution in [0.3, 0.4) is 0 Å². The molecule has 0 aliphatic carbocycles. The molecule has 1 aromatic heterocycles. The Morgan fingerprint density at radius 1 is 1.18 bits per heavy atom. The van der Waals surface area contributed by atoms with E-state index in [0.29, 0.717) is 16.4 Å². The van der Waals surface area contributed by atoms with E-state index in [4.69, 9.17) is 26.6 Å². The second kappa shape index (κ2) is 3.87. The van der Waals surface area contributed by atoms with Gasteiger partial charge in [0.1, 0.15) is 11.0 Å². The number of aromatic nitrogens is 1. The number of hydrogen-bond donors (Lipinski definition) is 1. The van der Waals surface area contributed by atoms with Crippen molar-refractivity contribution in [1.29, 1.82) is 0 Å². The summed E-state index contributed by atoms with van der Waals surface area (Å²) in [6.45, 7) is 7.97. The van der Waals surface area contributed by atoms with E-state index in [1.54, 1.807) is 12.1 Å². The van der Waals surface area contributed by atoms with Gasteiger partial charge in [0.15, 0.2) is 0 Å². The Labute approximate surface area is 107 Å². The van der Waals surface area contributed by atoms with Crippen molar-refractivity contribution in [2.24, 2.45) is 0 Å². The van der Waals surface area contributed by atoms with Crippen LogP contribution in [0, 0.1) is 0 Å². The number of nitrogen functional groups attached to an aromatic ring is 1. The van der Waals surface area contributed by atoms with Gasteiger partial charge < -0.3 is 15.0 Å². The fourth-order valence-electron chi connectivity index (χ4n) is 1.60. The molecule has 1 aromatic rings. The van der Waals surface area contributed by atoms with Crippen molar-refractivity contribution < 1.29 is 9.31 Å². The van der Waals surface area contributed by atoms with Gasteiger partial charge in [0.25, 0.3) is 0 Å². The fourth-order valence-corrected chi connectivity index (χ4v) is 1.85. The van der Waals surface area contributed by atoms with Crippen LogP contribution in [0.1, 0.15) is 27.7 Å². The SMILES string of the molecule is CC1(C)OB(c2ccc(N)nc2Cl)OC1(C)C. The van der Waals surface area contributed by atoms with Crippen LogP contribution >= 0.6 is 11.6 Å². The van der Waals surface area contributed by atoms with Crippen LogP contribution in [0.5, 0.6) is 0 Å². The molecule has 4 nitrogen and oxygen atoms in total. The molecule has 2 rings (SSSR count). The summed E-state index contributed by atoms with van der Waals surface area (Å²) in [5.74, 6) is 0.385. The third-order valence-electron chi connectivity index (χ3n) is 3.41. The van der Waals surface area contributed by atoms with E-state index in [2.05, 4.69) is 4.98 Å². The van der Waals surface area contributed by atoms with Gasteiger partial charge in [0.2, 0.25) is 0 Å². The maximum absolute atomic E-state index is 6.04. The molecule has 92 valence electrons. The van der Waals surface area contributed by atoms with E-state index >= 15 is 0 Å². The Morgan fingerprint density at radius 3 is 2.18 bits per heavy atom. The monoisotopic (exact) mass is 254 g/mol. The first-order valence-electron chi connectivity index (χ1n) is 5.50. The summed E-state index contributed by atoms with van der Waals surface area (Å²) >= 11 is 6.04. The Kier molecular flexibility index (Phi) is 2.88. The summed E-state index contributed by atoms with van der Waals surface area (Å²) in [5.41, 5.74) is 5.49. The number of nitrogens with zero attached hydrogens (tertiary/aromatic N) is 1. The largest absolute Gasteiger partial charge is 0.498 e. The molecule has 0 aromatic carbocycles. The standard InChI is InChI=1S/C11H16BClN2O2/c1-10(2)11(3,4)17-12(16-10)7-5-6-8(14)15-9(7)13/h5-6H,1-4H3,(H2,14,15). The van der Waals surface area contributed by atoms with Gasteiger partial charge >= 0.3 is 7.12 Å². The Morgan fingerprint density at radius 2 is 1.71 bits per heavy atom. The minimum atomic E-state index is -0.499. The molecule has 1 saturated heterocycles. The number of anilines is 1. The lowest BCUT2D eigenvalue weighted by Gasteiger charge is -2.32. The molecule has 0 amide bonds. The zero-order valence-corrected chi connectivity index (χ0v) is 11.2. The maximum Gasteiger partial charge on any atom is 0.498 e. The Balaban J connectivity index is 2.32. The van der Waals surface area contributed by atoms with Gasteiger partial charge in [-0.05, 0) is 33.8 Å². The van der Waals surface area contributed by atoms with Gasteiger partial charge in [0, 0.05) is 5.46 Å². The van der Waals surface area contributed by atoms with Gasteiger partial charge in [-0.3, -0.25) is 0 Å². The van der Waals surface area contributed by atoms with Crippen LogP contribution in [0.15, 0.2) is 12.1 Å². The van der Waals surface area contributed by atoms with Gasteiger partial charge in [-0.25, -0.2) is 4.98 Å². The minimum absolute atomic E-state index is 0.323. The molecule has 0 unspecified atom stereocenters. The number of hydrogen-bond acceptors (Lipinski definition) is 4. The third-order valence-corrected chi connectivity index (χ3v) is 3.71. The molecule has 0 radical (unpaired) electrons. The van der Waals surface area contributed by atoms with E-state index in [1.807, 2.05) is 27.7 Å². The first kappa shape index (κ1) is 12.7. The summed E-state index contributed by atoms with van der Waals surface area (Å²) in [5, 5.41) is 0.323. The van der Waals surface area contributed by atoms with Gasteiger partial charge in [-0.15, -0.1) is 0 Å². The molecule has 2 N–H and O–H groups in total. The molecule has 0 bridgehead atoms. The number of rotatable bonds is 1.